The van der Waals surface area contributed by atoms with E-state index in [0.717, 1.165) is 15.8 Å². The zero-order valence-electron chi connectivity index (χ0n) is 11.0. The number of hydrogen-bond acceptors (Lipinski definition) is 3. The van der Waals surface area contributed by atoms with Crippen molar-refractivity contribution in [2.24, 2.45) is 0 Å². The molecular formula is C15H10ClFN2OS. The number of nitrogens with zero attached hydrogens (tertiary/aromatic N) is 1. The molecule has 3 rings (SSSR count). The Kier molecular flexibility index (Phi) is 3.61. The van der Waals surface area contributed by atoms with Gasteiger partial charge in [0.1, 0.15) is 5.82 Å². The van der Waals surface area contributed by atoms with Crippen LogP contribution in [0.1, 0.15) is 15.9 Å². The zero-order valence-corrected chi connectivity index (χ0v) is 12.6. The van der Waals surface area contributed by atoms with Crippen LogP contribution in [0.5, 0.6) is 0 Å². The van der Waals surface area contributed by atoms with Crippen LogP contribution >= 0.6 is 22.9 Å². The van der Waals surface area contributed by atoms with Gasteiger partial charge in [-0.3, -0.25) is 10.1 Å². The Hall–Kier alpha value is -1.98. The molecule has 0 aliphatic carbocycles. The monoisotopic (exact) mass is 320 g/mol. The highest BCUT2D eigenvalue weighted by Crippen LogP contribution is 2.30. The number of halogens is 2. The van der Waals surface area contributed by atoms with Crippen LogP contribution in [0.25, 0.3) is 10.2 Å². The van der Waals surface area contributed by atoms with Crippen LogP contribution in [0.4, 0.5) is 9.52 Å². The van der Waals surface area contributed by atoms with Gasteiger partial charge in [0, 0.05) is 10.6 Å². The van der Waals surface area contributed by atoms with Crippen molar-refractivity contribution in [1.82, 2.24) is 4.98 Å². The van der Waals surface area contributed by atoms with E-state index >= 15 is 0 Å². The molecule has 0 spiro atoms. The number of carbonyl (C=O) groups excluding carboxylic acids is 1. The van der Waals surface area contributed by atoms with Crippen LogP contribution in [0.3, 0.4) is 0 Å². The van der Waals surface area contributed by atoms with Gasteiger partial charge in [-0.1, -0.05) is 22.9 Å². The fraction of sp³-hybridized carbons (Fsp3) is 0.0667. The molecule has 6 heteroatoms. The number of rotatable bonds is 2. The Labute approximate surface area is 129 Å². The summed E-state index contributed by atoms with van der Waals surface area (Å²) in [6.45, 7) is 1.91. The smallest absolute Gasteiger partial charge is 0.257 e. The molecule has 0 saturated heterocycles. The SMILES string of the molecule is Cc1cc2sc(NC(=O)c3ccc(F)cc3)nc2cc1Cl. The Morgan fingerprint density at radius 1 is 1.29 bits per heavy atom. The summed E-state index contributed by atoms with van der Waals surface area (Å²) >= 11 is 7.43. The summed E-state index contributed by atoms with van der Waals surface area (Å²) in [5.41, 5.74) is 2.08. The first kappa shape index (κ1) is 14.0. The zero-order chi connectivity index (χ0) is 15.0. The first-order valence-electron chi connectivity index (χ1n) is 6.16. The van der Waals surface area contributed by atoms with Gasteiger partial charge in [0.25, 0.3) is 5.91 Å². The van der Waals surface area contributed by atoms with E-state index in [-0.39, 0.29) is 11.7 Å². The van der Waals surface area contributed by atoms with Crippen molar-refractivity contribution in [1.29, 1.82) is 0 Å². The molecule has 0 unspecified atom stereocenters. The van der Waals surface area contributed by atoms with Gasteiger partial charge >= 0.3 is 0 Å². The van der Waals surface area contributed by atoms with E-state index in [0.29, 0.717) is 15.7 Å². The number of benzene rings is 2. The van der Waals surface area contributed by atoms with Gasteiger partial charge in [-0.15, -0.1) is 0 Å². The molecule has 1 heterocycles. The van der Waals surface area contributed by atoms with Gasteiger partial charge in [-0.05, 0) is 48.9 Å². The molecule has 2 aromatic carbocycles. The second kappa shape index (κ2) is 5.42. The van der Waals surface area contributed by atoms with Crippen molar-refractivity contribution in [3.05, 3.63) is 58.4 Å². The van der Waals surface area contributed by atoms with Crippen LogP contribution < -0.4 is 5.32 Å². The molecule has 0 aliphatic heterocycles. The first-order chi connectivity index (χ1) is 10.0. The number of aromatic nitrogens is 1. The summed E-state index contributed by atoms with van der Waals surface area (Å²) in [5, 5.41) is 3.84. The lowest BCUT2D eigenvalue weighted by Gasteiger charge is -2.00. The number of carbonyl (C=O) groups is 1. The average molecular weight is 321 g/mol. The van der Waals surface area contributed by atoms with Gasteiger partial charge in [0.2, 0.25) is 0 Å². The number of fused-ring (bicyclic) bond motifs is 1. The van der Waals surface area contributed by atoms with Crippen LogP contribution in [0.15, 0.2) is 36.4 Å². The molecule has 21 heavy (non-hydrogen) atoms. The number of thiazole rings is 1. The third kappa shape index (κ3) is 2.89. The van der Waals surface area contributed by atoms with Gasteiger partial charge < -0.3 is 0 Å². The van der Waals surface area contributed by atoms with Gasteiger partial charge in [-0.25, -0.2) is 9.37 Å². The largest absolute Gasteiger partial charge is 0.298 e. The van der Waals surface area contributed by atoms with Crippen molar-refractivity contribution in [2.45, 2.75) is 6.92 Å². The lowest BCUT2D eigenvalue weighted by Crippen LogP contribution is -2.11. The summed E-state index contributed by atoms with van der Waals surface area (Å²) in [5.74, 6) is -0.700. The standard InChI is InChI=1S/C15H10ClFN2OS/c1-8-6-13-12(7-11(8)16)18-15(21-13)19-14(20)9-2-4-10(17)5-3-9/h2-7H,1H3,(H,18,19,20). The summed E-state index contributed by atoms with van der Waals surface area (Å²) < 4.78 is 13.8. The molecule has 3 nitrogen and oxygen atoms in total. The maximum atomic E-state index is 12.8. The molecular weight excluding hydrogens is 311 g/mol. The molecule has 0 atom stereocenters. The van der Waals surface area contributed by atoms with Crippen LogP contribution in [0.2, 0.25) is 5.02 Å². The van der Waals surface area contributed by atoms with Crippen molar-refractivity contribution in [3.63, 3.8) is 0 Å². The fourth-order valence-electron chi connectivity index (χ4n) is 1.87. The summed E-state index contributed by atoms with van der Waals surface area (Å²) in [6, 6.07) is 9.06. The second-order valence-electron chi connectivity index (χ2n) is 4.55. The van der Waals surface area contributed by atoms with Crippen molar-refractivity contribution < 1.29 is 9.18 Å². The lowest BCUT2D eigenvalue weighted by atomic mass is 10.2. The van der Waals surface area contributed by atoms with Crippen molar-refractivity contribution >= 4 is 44.2 Å². The molecule has 0 radical (unpaired) electrons. The van der Waals surface area contributed by atoms with E-state index in [1.54, 1.807) is 6.07 Å². The maximum Gasteiger partial charge on any atom is 0.257 e. The number of hydrogen-bond donors (Lipinski definition) is 1. The summed E-state index contributed by atoms with van der Waals surface area (Å²) in [4.78, 5) is 16.4. The fourth-order valence-corrected chi connectivity index (χ4v) is 2.97. The topological polar surface area (TPSA) is 42.0 Å². The van der Waals surface area contributed by atoms with E-state index in [9.17, 15) is 9.18 Å². The van der Waals surface area contributed by atoms with E-state index in [2.05, 4.69) is 10.3 Å². The van der Waals surface area contributed by atoms with Crippen molar-refractivity contribution in [3.8, 4) is 0 Å². The van der Waals surface area contributed by atoms with Crippen LogP contribution in [-0.2, 0) is 0 Å². The Balaban J connectivity index is 1.87. The minimum atomic E-state index is -0.378. The van der Waals surface area contributed by atoms with Gasteiger partial charge in [0.05, 0.1) is 10.2 Å². The Bertz CT molecular complexity index is 791. The Morgan fingerprint density at radius 2 is 2.00 bits per heavy atom. The highest BCUT2D eigenvalue weighted by atomic mass is 35.5. The quantitative estimate of drug-likeness (QED) is 0.746. The molecule has 1 N–H and O–H groups in total. The number of aryl methyl sites for hydroxylation is 1. The average Bonchev–Trinajstić information content (AvgIpc) is 2.81. The predicted octanol–water partition coefficient (Wildman–Crippen LogP) is 4.65. The lowest BCUT2D eigenvalue weighted by molar-refractivity contribution is 0.102. The third-order valence-corrected chi connectivity index (χ3v) is 4.34. The minimum absolute atomic E-state index is 0.322. The number of nitrogens with one attached hydrogen (secondary N) is 1. The van der Waals surface area contributed by atoms with Crippen LogP contribution in [0, 0.1) is 12.7 Å². The second-order valence-corrected chi connectivity index (χ2v) is 5.99. The van der Waals surface area contributed by atoms with Gasteiger partial charge in [-0.2, -0.15) is 0 Å². The highest BCUT2D eigenvalue weighted by molar-refractivity contribution is 7.22. The van der Waals surface area contributed by atoms with Gasteiger partial charge in [0.15, 0.2) is 5.13 Å². The van der Waals surface area contributed by atoms with E-state index in [1.807, 2.05) is 13.0 Å². The third-order valence-electron chi connectivity index (χ3n) is 3.00. The number of anilines is 1. The molecule has 0 saturated carbocycles. The molecule has 0 fully saturated rings. The van der Waals surface area contributed by atoms with E-state index in [1.165, 1.54) is 35.6 Å². The summed E-state index contributed by atoms with van der Waals surface area (Å²) in [6.07, 6.45) is 0. The molecule has 1 aromatic heterocycles. The predicted molar refractivity (Wildman–Crippen MR) is 83.7 cm³/mol. The molecule has 0 aliphatic rings. The minimum Gasteiger partial charge on any atom is -0.298 e. The number of amides is 1. The molecule has 106 valence electrons. The first-order valence-corrected chi connectivity index (χ1v) is 7.36. The van der Waals surface area contributed by atoms with Crippen molar-refractivity contribution in [2.75, 3.05) is 5.32 Å². The Morgan fingerprint density at radius 3 is 2.71 bits per heavy atom. The normalized spacial score (nSPS) is 10.8. The molecule has 0 bridgehead atoms. The molecule has 3 aromatic rings. The molecule has 1 amide bonds. The maximum absolute atomic E-state index is 12.8. The van der Waals surface area contributed by atoms with E-state index in [4.69, 9.17) is 11.6 Å². The summed E-state index contributed by atoms with van der Waals surface area (Å²) in [7, 11) is 0. The highest BCUT2D eigenvalue weighted by Gasteiger charge is 2.11. The van der Waals surface area contributed by atoms with E-state index < -0.39 is 0 Å². The van der Waals surface area contributed by atoms with Crippen LogP contribution in [-0.4, -0.2) is 10.9 Å².